The van der Waals surface area contributed by atoms with Crippen LogP contribution in [-0.4, -0.2) is 9.97 Å². The van der Waals surface area contributed by atoms with Gasteiger partial charge in [-0.2, -0.15) is 0 Å². The fourth-order valence-corrected chi connectivity index (χ4v) is 5.52. The topological polar surface area (TPSA) is 25.8 Å². The quantitative estimate of drug-likeness (QED) is 0.476. The van der Waals surface area contributed by atoms with Crippen molar-refractivity contribution in [3.05, 3.63) is 51.9 Å². The van der Waals surface area contributed by atoms with Gasteiger partial charge in [0, 0.05) is 16.0 Å². The molecule has 4 rings (SSSR count). The zero-order chi connectivity index (χ0) is 15.8. The van der Waals surface area contributed by atoms with Gasteiger partial charge in [-0.25, -0.2) is 14.4 Å². The highest BCUT2D eigenvalue weighted by Gasteiger charge is 2.20. The molecule has 2 nitrogen and oxygen atoms in total. The predicted molar refractivity (Wildman–Crippen MR) is 94.8 cm³/mol. The average Bonchev–Trinajstić information content (AvgIpc) is 2.90. The number of aryl methyl sites for hydroxylation is 3. The van der Waals surface area contributed by atoms with Gasteiger partial charge in [0.1, 0.15) is 21.5 Å². The fourth-order valence-electron chi connectivity index (χ4n) is 3.11. The molecule has 0 unspecified atom stereocenters. The largest absolute Gasteiger partial charge is 0.226 e. The van der Waals surface area contributed by atoms with Gasteiger partial charge in [0.15, 0.2) is 0 Å². The van der Waals surface area contributed by atoms with E-state index in [0.29, 0.717) is 0 Å². The molecule has 0 atom stereocenters. The summed E-state index contributed by atoms with van der Waals surface area (Å²) in [7, 11) is 0. The van der Waals surface area contributed by atoms with Crippen LogP contribution in [0.5, 0.6) is 0 Å². The maximum Gasteiger partial charge on any atom is 0.128 e. The van der Waals surface area contributed by atoms with Crippen molar-refractivity contribution in [1.29, 1.82) is 0 Å². The molecule has 23 heavy (non-hydrogen) atoms. The van der Waals surface area contributed by atoms with E-state index in [-0.39, 0.29) is 5.82 Å². The van der Waals surface area contributed by atoms with Crippen LogP contribution in [0.2, 0.25) is 0 Å². The molecule has 2 aromatic heterocycles. The zero-order valence-electron chi connectivity index (χ0n) is 12.9. The van der Waals surface area contributed by atoms with Crippen molar-refractivity contribution in [3.63, 3.8) is 0 Å². The standard InChI is InChI=1S/C18H17FN2S2/c1-11-20-17(22-10-12-5-4-6-13(19)9-12)16-14-7-2-3-8-15(14)23-18(16)21-11/h4-6,9H,2-3,7-8,10H2,1H3. The number of hydrogen-bond acceptors (Lipinski definition) is 4. The lowest BCUT2D eigenvalue weighted by molar-refractivity contribution is 0.626. The lowest BCUT2D eigenvalue weighted by Crippen LogP contribution is -1.99. The third-order valence-electron chi connectivity index (χ3n) is 4.16. The van der Waals surface area contributed by atoms with Gasteiger partial charge in [-0.1, -0.05) is 12.1 Å². The number of fused-ring (bicyclic) bond motifs is 3. The Balaban J connectivity index is 1.72. The third kappa shape index (κ3) is 3.00. The van der Waals surface area contributed by atoms with Gasteiger partial charge in [-0.3, -0.25) is 0 Å². The molecule has 0 aliphatic heterocycles. The van der Waals surface area contributed by atoms with Crippen molar-refractivity contribution >= 4 is 33.3 Å². The van der Waals surface area contributed by atoms with E-state index >= 15 is 0 Å². The maximum atomic E-state index is 13.4. The van der Waals surface area contributed by atoms with Gasteiger partial charge in [0.2, 0.25) is 0 Å². The highest BCUT2D eigenvalue weighted by Crippen LogP contribution is 2.40. The molecular weight excluding hydrogens is 327 g/mol. The van der Waals surface area contributed by atoms with E-state index in [0.717, 1.165) is 33.4 Å². The van der Waals surface area contributed by atoms with E-state index in [2.05, 4.69) is 9.97 Å². The molecule has 2 heterocycles. The first-order valence-corrected chi connectivity index (χ1v) is 9.67. The van der Waals surface area contributed by atoms with Crippen LogP contribution < -0.4 is 0 Å². The van der Waals surface area contributed by atoms with E-state index in [4.69, 9.17) is 0 Å². The molecule has 0 radical (unpaired) electrons. The SMILES string of the molecule is Cc1nc(SCc2cccc(F)c2)c2c3c(sc2n1)CCCC3. The van der Waals surface area contributed by atoms with Gasteiger partial charge in [0.05, 0.1) is 0 Å². The molecule has 3 aromatic rings. The van der Waals surface area contributed by atoms with Crippen LogP contribution in [0.15, 0.2) is 29.3 Å². The Hall–Kier alpha value is -1.46. The molecule has 0 saturated carbocycles. The Bertz CT molecular complexity index is 873. The first-order valence-electron chi connectivity index (χ1n) is 7.87. The predicted octanol–water partition coefficient (Wildman–Crippen LogP) is 5.31. The summed E-state index contributed by atoms with van der Waals surface area (Å²) in [6.45, 7) is 1.95. The van der Waals surface area contributed by atoms with Crippen molar-refractivity contribution in [1.82, 2.24) is 9.97 Å². The molecule has 1 aliphatic rings. The van der Waals surface area contributed by atoms with Crippen molar-refractivity contribution < 1.29 is 4.39 Å². The lowest BCUT2D eigenvalue weighted by Gasteiger charge is -2.11. The second-order valence-electron chi connectivity index (χ2n) is 5.89. The minimum atomic E-state index is -0.181. The van der Waals surface area contributed by atoms with Crippen LogP contribution in [0.1, 0.15) is 34.7 Å². The molecule has 1 aromatic carbocycles. The van der Waals surface area contributed by atoms with E-state index < -0.39 is 0 Å². The van der Waals surface area contributed by atoms with Gasteiger partial charge in [0.25, 0.3) is 0 Å². The Labute approximate surface area is 143 Å². The lowest BCUT2D eigenvalue weighted by atomic mass is 9.97. The van der Waals surface area contributed by atoms with Crippen LogP contribution in [0, 0.1) is 12.7 Å². The summed E-state index contributed by atoms with van der Waals surface area (Å²) in [5.74, 6) is 1.37. The normalized spacial score (nSPS) is 14.2. The molecule has 118 valence electrons. The highest BCUT2D eigenvalue weighted by molar-refractivity contribution is 7.98. The summed E-state index contributed by atoms with van der Waals surface area (Å²) in [6, 6.07) is 6.81. The zero-order valence-corrected chi connectivity index (χ0v) is 14.6. The first kappa shape index (κ1) is 15.1. The van der Waals surface area contributed by atoms with Gasteiger partial charge in [-0.15, -0.1) is 23.1 Å². The number of halogens is 1. The molecule has 0 spiro atoms. The maximum absolute atomic E-state index is 13.4. The number of hydrogen-bond donors (Lipinski definition) is 0. The van der Waals surface area contributed by atoms with Crippen LogP contribution in [-0.2, 0) is 18.6 Å². The molecule has 0 saturated heterocycles. The van der Waals surface area contributed by atoms with Gasteiger partial charge < -0.3 is 0 Å². The minimum absolute atomic E-state index is 0.181. The number of thiophene rings is 1. The van der Waals surface area contributed by atoms with Gasteiger partial charge >= 0.3 is 0 Å². The molecule has 0 amide bonds. The highest BCUT2D eigenvalue weighted by atomic mass is 32.2. The van der Waals surface area contributed by atoms with Gasteiger partial charge in [-0.05, 0) is 55.9 Å². The van der Waals surface area contributed by atoms with Crippen molar-refractivity contribution in [3.8, 4) is 0 Å². The Kier molecular flexibility index (Phi) is 4.07. The van der Waals surface area contributed by atoms with E-state index in [1.54, 1.807) is 23.9 Å². The Morgan fingerprint density at radius 1 is 1.22 bits per heavy atom. The summed E-state index contributed by atoms with van der Waals surface area (Å²) in [5.41, 5.74) is 2.45. The van der Waals surface area contributed by atoms with Crippen molar-refractivity contribution in [2.45, 2.75) is 43.4 Å². The smallest absolute Gasteiger partial charge is 0.128 e. The number of benzene rings is 1. The molecule has 0 fully saturated rings. The van der Waals surface area contributed by atoms with Crippen LogP contribution in [0.3, 0.4) is 0 Å². The molecule has 1 aliphatic carbocycles. The van der Waals surface area contributed by atoms with Crippen molar-refractivity contribution in [2.24, 2.45) is 0 Å². The van der Waals surface area contributed by atoms with Crippen molar-refractivity contribution in [2.75, 3.05) is 0 Å². The van der Waals surface area contributed by atoms with Crippen LogP contribution in [0.25, 0.3) is 10.2 Å². The number of aromatic nitrogens is 2. The second-order valence-corrected chi connectivity index (χ2v) is 7.93. The average molecular weight is 344 g/mol. The molecular formula is C18H17FN2S2. The summed E-state index contributed by atoms with van der Waals surface area (Å²) in [6.07, 6.45) is 4.83. The molecule has 0 bridgehead atoms. The van der Waals surface area contributed by atoms with E-state index in [1.807, 2.05) is 24.3 Å². The molecule has 5 heteroatoms. The Morgan fingerprint density at radius 2 is 2.09 bits per heavy atom. The minimum Gasteiger partial charge on any atom is -0.226 e. The van der Waals surface area contributed by atoms with E-state index in [9.17, 15) is 4.39 Å². The Morgan fingerprint density at radius 3 is 2.96 bits per heavy atom. The monoisotopic (exact) mass is 344 g/mol. The third-order valence-corrected chi connectivity index (χ3v) is 6.39. The summed E-state index contributed by atoms with van der Waals surface area (Å²) < 4.78 is 13.4. The number of rotatable bonds is 3. The van der Waals surface area contributed by atoms with Crippen LogP contribution >= 0.6 is 23.1 Å². The van der Waals surface area contributed by atoms with Crippen LogP contribution in [0.4, 0.5) is 4.39 Å². The second kappa shape index (κ2) is 6.21. The summed E-state index contributed by atoms with van der Waals surface area (Å²) in [5, 5.41) is 2.30. The fraction of sp³-hybridized carbons (Fsp3) is 0.333. The first-order chi connectivity index (χ1) is 11.2. The summed E-state index contributed by atoms with van der Waals surface area (Å²) >= 11 is 3.52. The van der Waals surface area contributed by atoms with E-state index in [1.165, 1.54) is 41.2 Å². The number of nitrogens with zero attached hydrogens (tertiary/aromatic N) is 2. The number of thioether (sulfide) groups is 1. The molecule has 0 N–H and O–H groups in total. The summed E-state index contributed by atoms with van der Waals surface area (Å²) in [4.78, 5) is 11.9.